The van der Waals surface area contributed by atoms with Crippen molar-refractivity contribution < 1.29 is 14.4 Å². The van der Waals surface area contributed by atoms with Crippen molar-refractivity contribution in [3.05, 3.63) is 0 Å². The van der Waals surface area contributed by atoms with E-state index in [9.17, 15) is 14.4 Å². The van der Waals surface area contributed by atoms with Gasteiger partial charge in [-0.15, -0.1) is 0 Å². The molecule has 0 radical (unpaired) electrons. The largest absolute Gasteiger partial charge is 0.344 e. The number of carbonyl (C=O) groups is 3. The van der Waals surface area contributed by atoms with E-state index in [-0.39, 0.29) is 29.8 Å². The van der Waals surface area contributed by atoms with Crippen molar-refractivity contribution in [1.29, 1.82) is 0 Å². The van der Waals surface area contributed by atoms with Crippen molar-refractivity contribution in [2.45, 2.75) is 66.0 Å². The summed E-state index contributed by atoms with van der Waals surface area (Å²) >= 11 is 0. The second kappa shape index (κ2) is 10.3. The molecule has 25 heavy (non-hydrogen) atoms. The highest BCUT2D eigenvalue weighted by molar-refractivity contribution is 5.88. The number of amides is 4. The molecule has 0 spiro atoms. The number of unbranched alkanes of at least 4 members (excludes halogenated alkanes) is 1. The van der Waals surface area contributed by atoms with Gasteiger partial charge in [0.05, 0.1) is 0 Å². The Hall–Kier alpha value is -1.79. The van der Waals surface area contributed by atoms with E-state index >= 15 is 0 Å². The number of carbonyl (C=O) groups excluding carboxylic acids is 3. The molecule has 1 rings (SSSR count). The molecule has 1 heterocycles. The highest BCUT2D eigenvalue weighted by Gasteiger charge is 2.34. The van der Waals surface area contributed by atoms with Crippen LogP contribution in [0.2, 0.25) is 0 Å². The fourth-order valence-electron chi connectivity index (χ4n) is 2.92. The standard InChI is InChI=1S/C18H34N4O3/c1-6-8-9-19-18(25)22-11-10-21(12-14(22)5)17(24)16(13(3)4)20-15(23)7-2/h13-14,16H,6-12H2,1-5H3,(H,19,25)(H,20,23). The van der Waals surface area contributed by atoms with Crippen LogP contribution < -0.4 is 10.6 Å². The van der Waals surface area contributed by atoms with Crippen LogP contribution in [0.5, 0.6) is 0 Å². The highest BCUT2D eigenvalue weighted by atomic mass is 16.2. The molecular weight excluding hydrogens is 320 g/mol. The van der Waals surface area contributed by atoms with Gasteiger partial charge in [0.1, 0.15) is 6.04 Å². The molecule has 0 aromatic carbocycles. The molecule has 0 saturated carbocycles. The molecule has 7 heteroatoms. The molecule has 1 saturated heterocycles. The van der Waals surface area contributed by atoms with Crippen LogP contribution >= 0.6 is 0 Å². The van der Waals surface area contributed by atoms with Crippen molar-refractivity contribution in [2.75, 3.05) is 26.2 Å². The predicted molar refractivity (Wildman–Crippen MR) is 98.1 cm³/mol. The van der Waals surface area contributed by atoms with Crippen LogP contribution in [0.3, 0.4) is 0 Å². The van der Waals surface area contributed by atoms with Crippen LogP contribution in [0.4, 0.5) is 4.79 Å². The van der Waals surface area contributed by atoms with Gasteiger partial charge in [0.15, 0.2) is 0 Å². The molecule has 2 N–H and O–H groups in total. The lowest BCUT2D eigenvalue weighted by atomic mass is 10.0. The van der Waals surface area contributed by atoms with Crippen LogP contribution in [0.25, 0.3) is 0 Å². The number of hydrogen-bond donors (Lipinski definition) is 2. The van der Waals surface area contributed by atoms with Crippen molar-refractivity contribution >= 4 is 17.8 Å². The van der Waals surface area contributed by atoms with E-state index in [2.05, 4.69) is 17.6 Å². The van der Waals surface area contributed by atoms with Crippen molar-refractivity contribution in [3.63, 3.8) is 0 Å². The van der Waals surface area contributed by atoms with Crippen LogP contribution in [0, 0.1) is 5.92 Å². The summed E-state index contributed by atoms with van der Waals surface area (Å²) in [4.78, 5) is 40.3. The van der Waals surface area contributed by atoms with Gasteiger partial charge in [-0.3, -0.25) is 9.59 Å². The van der Waals surface area contributed by atoms with E-state index in [1.807, 2.05) is 20.8 Å². The number of nitrogens with zero attached hydrogens (tertiary/aromatic N) is 2. The lowest BCUT2D eigenvalue weighted by Gasteiger charge is -2.41. The van der Waals surface area contributed by atoms with Gasteiger partial charge in [0.25, 0.3) is 0 Å². The second-order valence-electron chi connectivity index (χ2n) is 7.05. The first-order chi connectivity index (χ1) is 11.8. The first-order valence-electron chi connectivity index (χ1n) is 9.44. The molecular formula is C18H34N4O3. The number of nitrogens with one attached hydrogen (secondary N) is 2. The Morgan fingerprint density at radius 3 is 2.36 bits per heavy atom. The average Bonchev–Trinajstić information content (AvgIpc) is 2.58. The zero-order chi connectivity index (χ0) is 19.0. The third-order valence-electron chi connectivity index (χ3n) is 4.58. The zero-order valence-electron chi connectivity index (χ0n) is 16.3. The average molecular weight is 354 g/mol. The predicted octanol–water partition coefficient (Wildman–Crippen LogP) is 1.58. The number of urea groups is 1. The SMILES string of the molecule is CCCCNC(=O)N1CCN(C(=O)C(NC(=O)CC)C(C)C)CC1C. The van der Waals surface area contributed by atoms with E-state index < -0.39 is 6.04 Å². The van der Waals surface area contributed by atoms with Gasteiger partial charge < -0.3 is 20.4 Å². The molecule has 144 valence electrons. The topological polar surface area (TPSA) is 81.8 Å². The summed E-state index contributed by atoms with van der Waals surface area (Å²) in [5.74, 6) is -0.155. The third kappa shape index (κ3) is 6.21. The quantitative estimate of drug-likeness (QED) is 0.681. The Labute approximate surface area is 151 Å². The maximum absolute atomic E-state index is 12.8. The molecule has 2 atom stereocenters. The van der Waals surface area contributed by atoms with Gasteiger partial charge in [0.2, 0.25) is 11.8 Å². The van der Waals surface area contributed by atoms with Gasteiger partial charge in [-0.05, 0) is 19.3 Å². The van der Waals surface area contributed by atoms with Gasteiger partial charge in [-0.2, -0.15) is 0 Å². The smallest absolute Gasteiger partial charge is 0.317 e. The van der Waals surface area contributed by atoms with Gasteiger partial charge >= 0.3 is 6.03 Å². The van der Waals surface area contributed by atoms with E-state index in [4.69, 9.17) is 0 Å². The summed E-state index contributed by atoms with van der Waals surface area (Å²) in [6, 6.07) is -0.619. The van der Waals surface area contributed by atoms with Gasteiger partial charge in [0, 0.05) is 38.6 Å². The summed E-state index contributed by atoms with van der Waals surface area (Å²) in [5, 5.41) is 5.75. The Balaban J connectivity index is 2.63. The summed E-state index contributed by atoms with van der Waals surface area (Å²) in [6.07, 6.45) is 2.36. The third-order valence-corrected chi connectivity index (χ3v) is 4.58. The number of hydrogen-bond acceptors (Lipinski definition) is 3. The molecule has 4 amide bonds. The highest BCUT2D eigenvalue weighted by Crippen LogP contribution is 2.14. The van der Waals surface area contributed by atoms with Gasteiger partial charge in [-0.1, -0.05) is 34.1 Å². The lowest BCUT2D eigenvalue weighted by Crippen LogP contribution is -2.61. The fraction of sp³-hybridized carbons (Fsp3) is 0.833. The van der Waals surface area contributed by atoms with Crippen molar-refractivity contribution in [1.82, 2.24) is 20.4 Å². The zero-order valence-corrected chi connectivity index (χ0v) is 16.3. The maximum Gasteiger partial charge on any atom is 0.317 e. The molecule has 0 aromatic heterocycles. The Kier molecular flexibility index (Phi) is 8.72. The monoisotopic (exact) mass is 354 g/mol. The summed E-state index contributed by atoms with van der Waals surface area (Å²) < 4.78 is 0. The molecule has 1 fully saturated rings. The molecule has 1 aliphatic rings. The first-order valence-corrected chi connectivity index (χ1v) is 9.44. The minimum Gasteiger partial charge on any atom is -0.344 e. The van der Waals surface area contributed by atoms with Crippen molar-refractivity contribution in [3.8, 4) is 0 Å². The second-order valence-corrected chi connectivity index (χ2v) is 7.05. The van der Waals surface area contributed by atoms with Crippen LogP contribution in [-0.4, -0.2) is 65.9 Å². The Bertz CT molecular complexity index is 467. The Morgan fingerprint density at radius 2 is 1.84 bits per heavy atom. The molecule has 2 unspecified atom stereocenters. The minimum atomic E-state index is -0.510. The minimum absolute atomic E-state index is 0.0219. The van der Waals surface area contributed by atoms with E-state index in [1.165, 1.54) is 0 Å². The summed E-state index contributed by atoms with van der Waals surface area (Å²) in [5.41, 5.74) is 0. The van der Waals surface area contributed by atoms with E-state index in [0.717, 1.165) is 12.8 Å². The molecule has 0 aromatic rings. The van der Waals surface area contributed by atoms with Crippen LogP contribution in [0.15, 0.2) is 0 Å². The van der Waals surface area contributed by atoms with E-state index in [1.54, 1.807) is 16.7 Å². The molecule has 7 nitrogen and oxygen atoms in total. The molecule has 0 aliphatic carbocycles. The fourth-order valence-corrected chi connectivity index (χ4v) is 2.92. The Morgan fingerprint density at radius 1 is 1.16 bits per heavy atom. The summed E-state index contributed by atoms with van der Waals surface area (Å²) in [6.45, 7) is 11.8. The van der Waals surface area contributed by atoms with Gasteiger partial charge in [-0.25, -0.2) is 4.79 Å². The number of piperazine rings is 1. The summed E-state index contributed by atoms with van der Waals surface area (Å²) in [7, 11) is 0. The maximum atomic E-state index is 12.8. The number of rotatable bonds is 7. The molecule has 1 aliphatic heterocycles. The van der Waals surface area contributed by atoms with E-state index in [0.29, 0.717) is 32.6 Å². The van der Waals surface area contributed by atoms with Crippen molar-refractivity contribution in [2.24, 2.45) is 5.92 Å². The molecule has 0 bridgehead atoms. The van der Waals surface area contributed by atoms with Crippen LogP contribution in [0.1, 0.15) is 53.9 Å². The normalized spacial score (nSPS) is 18.9. The van der Waals surface area contributed by atoms with Crippen LogP contribution in [-0.2, 0) is 9.59 Å². The lowest BCUT2D eigenvalue weighted by molar-refractivity contribution is -0.139. The first kappa shape index (κ1) is 21.3.